The Labute approximate surface area is 70.9 Å². The van der Waals surface area contributed by atoms with Gasteiger partial charge in [0.05, 0.1) is 11.1 Å². The van der Waals surface area contributed by atoms with Crippen LogP contribution in [0.15, 0.2) is 18.2 Å². The topological polar surface area (TPSA) is 43.4 Å². The van der Waals surface area contributed by atoms with Gasteiger partial charge in [-0.05, 0) is 17.4 Å². The molecule has 2 rings (SSSR count). The van der Waals surface area contributed by atoms with Crippen LogP contribution in [0.4, 0.5) is 0 Å². The summed E-state index contributed by atoms with van der Waals surface area (Å²) < 4.78 is 4.40. The minimum Gasteiger partial charge on any atom is -0.386 e. The smallest absolute Gasteiger partial charge is 0.346 e. The molecular weight excluding hydrogens is 175 g/mol. The number of cyclic esters (lactones) is 2. The Morgan fingerprint density at radius 3 is 2.50 bits per heavy atom. The lowest BCUT2D eigenvalue weighted by Gasteiger charge is -1.92. The van der Waals surface area contributed by atoms with Crippen molar-refractivity contribution in [3.05, 3.63) is 29.3 Å². The largest absolute Gasteiger partial charge is 0.386 e. The second-order valence-electron chi connectivity index (χ2n) is 2.48. The lowest BCUT2D eigenvalue weighted by Crippen LogP contribution is -1.98. The van der Waals surface area contributed by atoms with Gasteiger partial charge in [-0.2, -0.15) is 0 Å². The van der Waals surface area contributed by atoms with Crippen LogP contribution in [0.3, 0.4) is 0 Å². The highest BCUT2D eigenvalue weighted by molar-refractivity contribution is 7.27. The van der Waals surface area contributed by atoms with E-state index in [-0.39, 0.29) is 0 Å². The molecule has 12 heavy (non-hydrogen) atoms. The second kappa shape index (κ2) is 2.39. The molecule has 0 saturated carbocycles. The van der Waals surface area contributed by atoms with E-state index in [1.54, 1.807) is 18.2 Å². The molecular formula is C8H5O3P. The van der Waals surface area contributed by atoms with Gasteiger partial charge >= 0.3 is 11.9 Å². The first-order chi connectivity index (χ1) is 5.68. The molecule has 0 N–H and O–H groups in total. The zero-order valence-electron chi connectivity index (χ0n) is 6.03. The van der Waals surface area contributed by atoms with E-state index in [1.807, 2.05) is 0 Å². The summed E-state index contributed by atoms with van der Waals surface area (Å²) >= 11 is 0. The SMILES string of the molecule is O=C1OC(=O)c2cc(P)ccc21. The number of hydrogen-bond donors (Lipinski definition) is 0. The third-order valence-electron chi connectivity index (χ3n) is 1.67. The van der Waals surface area contributed by atoms with Gasteiger partial charge in [-0.3, -0.25) is 0 Å². The standard InChI is InChI=1S/C8H5O3P/c9-7-5-2-1-4(12)3-6(5)8(10)11-7/h1-3H,12H2. The maximum absolute atomic E-state index is 11.0. The normalized spacial score (nSPS) is 14.4. The molecule has 0 bridgehead atoms. The van der Waals surface area contributed by atoms with Crippen molar-refractivity contribution in [3.8, 4) is 0 Å². The lowest BCUT2D eigenvalue weighted by atomic mass is 10.1. The van der Waals surface area contributed by atoms with E-state index >= 15 is 0 Å². The van der Waals surface area contributed by atoms with E-state index < -0.39 is 11.9 Å². The minimum absolute atomic E-state index is 0.353. The third-order valence-corrected chi connectivity index (χ3v) is 2.03. The number of fused-ring (bicyclic) bond motifs is 1. The van der Waals surface area contributed by atoms with Crippen LogP contribution >= 0.6 is 9.24 Å². The first-order valence-electron chi connectivity index (χ1n) is 3.34. The quantitative estimate of drug-likeness (QED) is 0.331. The van der Waals surface area contributed by atoms with E-state index in [4.69, 9.17) is 0 Å². The Kier molecular flexibility index (Phi) is 1.48. The van der Waals surface area contributed by atoms with Crippen molar-refractivity contribution in [3.63, 3.8) is 0 Å². The molecule has 0 amide bonds. The highest BCUT2D eigenvalue weighted by Crippen LogP contribution is 2.18. The zero-order chi connectivity index (χ0) is 8.72. The van der Waals surface area contributed by atoms with Crippen LogP contribution in [0.25, 0.3) is 0 Å². The van der Waals surface area contributed by atoms with Gasteiger partial charge in [0, 0.05) is 0 Å². The van der Waals surface area contributed by atoms with E-state index in [2.05, 4.69) is 14.0 Å². The summed E-state index contributed by atoms with van der Waals surface area (Å²) in [5, 5.41) is 0.861. The Balaban J connectivity index is 2.68. The van der Waals surface area contributed by atoms with Crippen molar-refractivity contribution in [2.45, 2.75) is 0 Å². The number of carbonyl (C=O) groups is 2. The van der Waals surface area contributed by atoms with E-state index in [9.17, 15) is 9.59 Å². The van der Waals surface area contributed by atoms with Gasteiger partial charge in [-0.15, -0.1) is 9.24 Å². The summed E-state index contributed by atoms with van der Waals surface area (Å²) in [4.78, 5) is 21.9. The molecule has 3 nitrogen and oxygen atoms in total. The molecule has 1 unspecified atom stereocenters. The van der Waals surface area contributed by atoms with Crippen LogP contribution in [0.5, 0.6) is 0 Å². The monoisotopic (exact) mass is 180 g/mol. The third kappa shape index (κ3) is 0.942. The molecule has 1 aromatic rings. The fourth-order valence-corrected chi connectivity index (χ4v) is 1.37. The average Bonchev–Trinajstić information content (AvgIpc) is 2.28. The van der Waals surface area contributed by atoms with Crippen molar-refractivity contribution in [1.82, 2.24) is 0 Å². The zero-order valence-corrected chi connectivity index (χ0v) is 7.19. The highest BCUT2D eigenvalue weighted by atomic mass is 31.0. The molecule has 0 fully saturated rings. The van der Waals surface area contributed by atoms with Crippen molar-refractivity contribution in [2.24, 2.45) is 0 Å². The molecule has 0 spiro atoms. The highest BCUT2D eigenvalue weighted by Gasteiger charge is 2.28. The predicted octanol–water partition coefficient (Wildman–Crippen LogP) is 0.498. The molecule has 60 valence electrons. The molecule has 0 radical (unpaired) electrons. The maximum Gasteiger partial charge on any atom is 0.346 e. The van der Waals surface area contributed by atoms with E-state index in [0.29, 0.717) is 11.1 Å². The van der Waals surface area contributed by atoms with Gasteiger partial charge < -0.3 is 4.74 Å². The van der Waals surface area contributed by atoms with Crippen LogP contribution in [-0.2, 0) is 4.74 Å². The summed E-state index contributed by atoms with van der Waals surface area (Å²) in [6, 6.07) is 4.95. The lowest BCUT2D eigenvalue weighted by molar-refractivity contribution is 0.0444. The minimum atomic E-state index is -0.556. The Hall–Kier alpha value is -1.21. The second-order valence-corrected chi connectivity index (χ2v) is 3.15. The van der Waals surface area contributed by atoms with Crippen LogP contribution in [0.1, 0.15) is 20.7 Å². The van der Waals surface area contributed by atoms with E-state index in [1.165, 1.54) is 0 Å². The number of carbonyl (C=O) groups excluding carboxylic acids is 2. The Morgan fingerprint density at radius 1 is 1.08 bits per heavy atom. The molecule has 1 aromatic carbocycles. The van der Waals surface area contributed by atoms with E-state index in [0.717, 1.165) is 5.30 Å². The van der Waals surface area contributed by atoms with Gasteiger partial charge in [0.25, 0.3) is 0 Å². The van der Waals surface area contributed by atoms with Crippen molar-refractivity contribution in [2.75, 3.05) is 0 Å². The number of hydrogen-bond acceptors (Lipinski definition) is 3. The number of rotatable bonds is 0. The maximum atomic E-state index is 11.0. The molecule has 4 heteroatoms. The fraction of sp³-hybridized carbons (Fsp3) is 0. The summed E-state index contributed by atoms with van der Waals surface area (Å²) in [6.07, 6.45) is 0. The first kappa shape index (κ1) is 7.44. The van der Waals surface area contributed by atoms with Crippen LogP contribution in [0.2, 0.25) is 0 Å². The van der Waals surface area contributed by atoms with Gasteiger partial charge in [0.15, 0.2) is 0 Å². The van der Waals surface area contributed by atoms with Gasteiger partial charge in [0.2, 0.25) is 0 Å². The van der Waals surface area contributed by atoms with Crippen molar-refractivity contribution in [1.29, 1.82) is 0 Å². The molecule has 0 aromatic heterocycles. The van der Waals surface area contributed by atoms with Gasteiger partial charge in [-0.25, -0.2) is 9.59 Å². The Morgan fingerprint density at radius 2 is 1.75 bits per heavy atom. The summed E-state index contributed by atoms with van der Waals surface area (Å²) in [6.45, 7) is 0. The van der Waals surface area contributed by atoms with Crippen LogP contribution in [0, 0.1) is 0 Å². The van der Waals surface area contributed by atoms with Crippen molar-refractivity contribution < 1.29 is 14.3 Å². The summed E-state index contributed by atoms with van der Waals surface area (Å²) in [7, 11) is 2.45. The molecule has 0 saturated heterocycles. The molecule has 1 atom stereocenters. The molecule has 1 aliphatic rings. The van der Waals surface area contributed by atoms with Gasteiger partial charge in [-0.1, -0.05) is 6.07 Å². The summed E-state index contributed by atoms with van der Waals surface area (Å²) in [5.74, 6) is -1.11. The fourth-order valence-electron chi connectivity index (χ4n) is 1.10. The molecule has 1 aliphatic heterocycles. The van der Waals surface area contributed by atoms with Gasteiger partial charge in [0.1, 0.15) is 0 Å². The summed E-state index contributed by atoms with van der Waals surface area (Å²) in [5.41, 5.74) is 0.707. The molecule has 1 heterocycles. The van der Waals surface area contributed by atoms with Crippen LogP contribution < -0.4 is 5.30 Å². The van der Waals surface area contributed by atoms with Crippen molar-refractivity contribution >= 4 is 26.5 Å². The average molecular weight is 180 g/mol. The predicted molar refractivity (Wildman–Crippen MR) is 45.5 cm³/mol. The number of ether oxygens (including phenoxy) is 1. The van der Waals surface area contributed by atoms with Crippen LogP contribution in [-0.4, -0.2) is 11.9 Å². The number of benzene rings is 1. The molecule has 0 aliphatic carbocycles. The first-order valence-corrected chi connectivity index (χ1v) is 3.92. The Bertz CT molecular complexity index is 384. The number of esters is 2.